The molecule has 1 heterocycles. The lowest BCUT2D eigenvalue weighted by molar-refractivity contribution is 0.101. The Kier molecular flexibility index (Phi) is 9.43. The van der Waals surface area contributed by atoms with Crippen molar-refractivity contribution in [2.75, 3.05) is 29.6 Å². The highest BCUT2D eigenvalue weighted by atomic mass is 35.5. The third-order valence-corrected chi connectivity index (χ3v) is 6.07. The minimum Gasteiger partial charge on any atom is -0.349 e. The van der Waals surface area contributed by atoms with Crippen LogP contribution >= 0.6 is 34.8 Å². The average Bonchev–Trinajstić information content (AvgIpc) is 3.26. The molecule has 0 aliphatic carbocycles. The van der Waals surface area contributed by atoms with Crippen LogP contribution in [0.2, 0.25) is 15.1 Å². The topological polar surface area (TPSA) is 165 Å². The molecule has 11 nitrogen and oxygen atoms in total. The number of H-pyrrole nitrogens is 1. The Morgan fingerprint density at radius 1 is 0.872 bits per heavy atom. The first-order valence-electron chi connectivity index (χ1n) is 10.9. The Balaban J connectivity index is 0.000000771. The van der Waals surface area contributed by atoms with Crippen molar-refractivity contribution in [2.45, 2.75) is 6.92 Å². The van der Waals surface area contributed by atoms with E-state index < -0.39 is 22.2 Å². The van der Waals surface area contributed by atoms with E-state index in [9.17, 15) is 9.59 Å². The van der Waals surface area contributed by atoms with Gasteiger partial charge in [0.2, 0.25) is 5.95 Å². The second-order valence-electron chi connectivity index (χ2n) is 8.32. The van der Waals surface area contributed by atoms with Gasteiger partial charge in [-0.2, -0.15) is 8.42 Å². The fraction of sp³-hybridized carbons (Fsp3) is 0.125. The zero-order valence-corrected chi connectivity index (χ0v) is 23.7. The van der Waals surface area contributed by atoms with Crippen LogP contribution in [0.4, 0.5) is 17.3 Å². The summed E-state index contributed by atoms with van der Waals surface area (Å²) in [6, 6.07) is 13.1. The van der Waals surface area contributed by atoms with Gasteiger partial charge in [0.25, 0.3) is 11.8 Å². The second kappa shape index (κ2) is 12.2. The third kappa shape index (κ3) is 8.30. The van der Waals surface area contributed by atoms with Gasteiger partial charge >= 0.3 is 10.4 Å². The Bertz CT molecular complexity index is 1670. The van der Waals surface area contributed by atoms with Crippen LogP contribution in [0.5, 0.6) is 0 Å². The zero-order chi connectivity index (χ0) is 29.1. The number of rotatable bonds is 5. The summed E-state index contributed by atoms with van der Waals surface area (Å²) in [5, 5.41) is 6.81. The lowest BCUT2D eigenvalue weighted by atomic mass is 10.1. The molecule has 206 valence electrons. The van der Waals surface area contributed by atoms with E-state index in [1.165, 1.54) is 6.07 Å². The quantitative estimate of drug-likeness (QED) is 0.177. The van der Waals surface area contributed by atoms with Crippen molar-refractivity contribution in [3.63, 3.8) is 0 Å². The van der Waals surface area contributed by atoms with Crippen molar-refractivity contribution in [1.29, 1.82) is 0 Å². The number of imidazole rings is 1. The van der Waals surface area contributed by atoms with E-state index in [4.69, 9.17) is 52.3 Å². The van der Waals surface area contributed by atoms with Gasteiger partial charge in [-0.15, -0.1) is 0 Å². The van der Waals surface area contributed by atoms with Crippen LogP contribution in [0.25, 0.3) is 11.0 Å². The molecular formula is C24H22Cl3N5O6S. The first-order valence-corrected chi connectivity index (χ1v) is 13.4. The van der Waals surface area contributed by atoms with Crippen LogP contribution in [0.15, 0.2) is 48.5 Å². The van der Waals surface area contributed by atoms with Crippen LogP contribution in [-0.2, 0) is 10.4 Å². The van der Waals surface area contributed by atoms with E-state index in [1.807, 2.05) is 27.1 Å². The second-order valence-corrected chi connectivity index (χ2v) is 10.5. The summed E-state index contributed by atoms with van der Waals surface area (Å²) < 4.78 is 31.6. The maximum absolute atomic E-state index is 13.2. The number of hydrogen-bond acceptors (Lipinski definition) is 6. The number of hydrogen-bond donors (Lipinski definition) is 5. The van der Waals surface area contributed by atoms with Crippen LogP contribution in [0.1, 0.15) is 26.3 Å². The van der Waals surface area contributed by atoms with Gasteiger partial charge in [0.05, 0.1) is 21.7 Å². The standard InChI is InChI=1S/C24H20Cl3N5O2.H2O4S/c1-12-4-6-14(10-19(12)27)28-23(34)17-9-15(11-20-21(17)31-24(30-20)32(2)3)29-22(33)16-8-13(25)5-7-18(16)26;1-5(2,3)4/h4-11H,1-3H3,(H,28,34)(H,29,33)(H,30,31);(H2,1,2,3,4). The number of anilines is 3. The number of nitrogens with one attached hydrogen (secondary N) is 3. The van der Waals surface area contributed by atoms with Crippen molar-refractivity contribution in [3.8, 4) is 0 Å². The molecule has 0 saturated heterocycles. The Morgan fingerprint density at radius 3 is 2.10 bits per heavy atom. The molecule has 0 spiro atoms. The number of carbonyl (C=O) groups excluding carboxylic acids is 2. The van der Waals surface area contributed by atoms with Crippen molar-refractivity contribution in [2.24, 2.45) is 0 Å². The van der Waals surface area contributed by atoms with Crippen molar-refractivity contribution >= 4 is 85.4 Å². The largest absolute Gasteiger partial charge is 0.394 e. The monoisotopic (exact) mass is 613 g/mol. The van der Waals surface area contributed by atoms with Gasteiger partial charge in [0.1, 0.15) is 5.52 Å². The van der Waals surface area contributed by atoms with Gasteiger partial charge < -0.3 is 20.5 Å². The van der Waals surface area contributed by atoms with Crippen molar-refractivity contribution < 1.29 is 27.1 Å². The number of benzene rings is 3. The molecule has 0 radical (unpaired) electrons. The fourth-order valence-corrected chi connectivity index (χ4v) is 3.86. The first kappa shape index (κ1) is 30.2. The lowest BCUT2D eigenvalue weighted by Gasteiger charge is -2.11. The maximum atomic E-state index is 13.2. The van der Waals surface area contributed by atoms with Crippen LogP contribution in [-0.4, -0.2) is 53.4 Å². The highest BCUT2D eigenvalue weighted by Gasteiger charge is 2.19. The minimum atomic E-state index is -4.67. The van der Waals surface area contributed by atoms with E-state index in [0.717, 1.165) is 5.56 Å². The van der Waals surface area contributed by atoms with Gasteiger partial charge in [0, 0.05) is 35.5 Å². The van der Waals surface area contributed by atoms with E-state index in [-0.39, 0.29) is 16.1 Å². The average molecular weight is 615 g/mol. The van der Waals surface area contributed by atoms with Gasteiger partial charge in [-0.25, -0.2) is 4.98 Å². The molecule has 0 bridgehead atoms. The van der Waals surface area contributed by atoms with Crippen molar-refractivity contribution in [1.82, 2.24) is 9.97 Å². The fourth-order valence-electron chi connectivity index (χ4n) is 3.30. The summed E-state index contributed by atoms with van der Waals surface area (Å²) in [4.78, 5) is 35.6. The molecule has 0 saturated carbocycles. The molecule has 0 atom stereocenters. The highest BCUT2D eigenvalue weighted by Crippen LogP contribution is 2.28. The third-order valence-electron chi connectivity index (χ3n) is 5.10. The molecule has 0 aliphatic heterocycles. The Morgan fingerprint density at radius 2 is 1.49 bits per heavy atom. The molecule has 0 unspecified atom stereocenters. The van der Waals surface area contributed by atoms with E-state index in [0.29, 0.717) is 38.4 Å². The number of nitrogens with zero attached hydrogens (tertiary/aromatic N) is 2. The number of aryl methyl sites for hydroxylation is 1. The number of amides is 2. The van der Waals surface area contributed by atoms with Crippen LogP contribution < -0.4 is 15.5 Å². The molecular weight excluding hydrogens is 593 g/mol. The Labute approximate surface area is 238 Å². The number of carbonyl (C=O) groups is 2. The molecule has 2 amide bonds. The SMILES string of the molecule is Cc1ccc(NC(=O)c2cc(NC(=O)c3cc(Cl)ccc3Cl)cc3[nH]c(N(C)C)nc23)cc1Cl.O=S(=O)(O)O. The summed E-state index contributed by atoms with van der Waals surface area (Å²) in [6.45, 7) is 1.88. The summed E-state index contributed by atoms with van der Waals surface area (Å²) in [7, 11) is -1.01. The summed E-state index contributed by atoms with van der Waals surface area (Å²) in [5.41, 5.74) is 3.34. The number of aromatic amines is 1. The molecule has 39 heavy (non-hydrogen) atoms. The summed E-state index contributed by atoms with van der Waals surface area (Å²) in [6.07, 6.45) is 0. The molecule has 1 aromatic heterocycles. The van der Waals surface area contributed by atoms with Crippen LogP contribution in [0.3, 0.4) is 0 Å². The minimum absolute atomic E-state index is 0.216. The molecule has 0 fully saturated rings. The Hall–Kier alpha value is -3.39. The summed E-state index contributed by atoms with van der Waals surface area (Å²) >= 11 is 18.4. The molecule has 4 aromatic rings. The first-order chi connectivity index (χ1) is 18.1. The predicted octanol–water partition coefficient (Wildman–Crippen LogP) is 5.75. The molecule has 5 N–H and O–H groups in total. The van der Waals surface area contributed by atoms with E-state index in [1.54, 1.807) is 41.3 Å². The molecule has 3 aromatic carbocycles. The normalized spacial score (nSPS) is 11.0. The van der Waals surface area contributed by atoms with Crippen LogP contribution in [0, 0.1) is 6.92 Å². The smallest absolute Gasteiger partial charge is 0.349 e. The maximum Gasteiger partial charge on any atom is 0.394 e. The van der Waals surface area contributed by atoms with Crippen molar-refractivity contribution in [3.05, 3.63) is 80.3 Å². The highest BCUT2D eigenvalue weighted by molar-refractivity contribution is 7.79. The summed E-state index contributed by atoms with van der Waals surface area (Å²) in [5.74, 6) is -0.307. The molecule has 4 rings (SSSR count). The number of aromatic nitrogens is 2. The van der Waals surface area contributed by atoms with Gasteiger partial charge in [0.15, 0.2) is 0 Å². The lowest BCUT2D eigenvalue weighted by Crippen LogP contribution is -2.15. The van der Waals surface area contributed by atoms with E-state index in [2.05, 4.69) is 20.6 Å². The number of halogens is 3. The van der Waals surface area contributed by atoms with Gasteiger partial charge in [-0.1, -0.05) is 40.9 Å². The molecule has 0 aliphatic rings. The number of fused-ring (bicyclic) bond motifs is 1. The van der Waals surface area contributed by atoms with Gasteiger partial charge in [-0.3, -0.25) is 18.7 Å². The van der Waals surface area contributed by atoms with Gasteiger partial charge in [-0.05, 0) is 55.0 Å². The predicted molar refractivity (Wildman–Crippen MR) is 153 cm³/mol. The molecule has 15 heteroatoms. The zero-order valence-electron chi connectivity index (χ0n) is 20.6. The van der Waals surface area contributed by atoms with E-state index >= 15 is 0 Å².